The van der Waals surface area contributed by atoms with Gasteiger partial charge in [0, 0.05) is 20.2 Å². The number of amides is 1. The third-order valence-electron chi connectivity index (χ3n) is 3.31. The van der Waals surface area contributed by atoms with Crippen LogP contribution in [0.2, 0.25) is 0 Å². The average molecular weight is 251 g/mol. The fraction of sp³-hybridized carbons (Fsp3) is 0.692. The van der Waals surface area contributed by atoms with Gasteiger partial charge < -0.3 is 14.6 Å². The van der Waals surface area contributed by atoms with Crippen molar-refractivity contribution in [3.63, 3.8) is 0 Å². The highest BCUT2D eigenvalue weighted by Gasteiger charge is 2.14. The minimum Gasteiger partial charge on any atom is -0.378 e. The second kappa shape index (κ2) is 6.54. The fourth-order valence-corrected chi connectivity index (χ4v) is 2.24. The number of hydrogen-bond donors (Lipinski definition) is 1. The second-order valence-corrected chi connectivity index (χ2v) is 4.78. The topological polar surface area (TPSA) is 56.2 Å². The van der Waals surface area contributed by atoms with Crippen LogP contribution < -0.4 is 5.32 Å². The zero-order chi connectivity index (χ0) is 12.8. The summed E-state index contributed by atoms with van der Waals surface area (Å²) >= 11 is 0. The standard InChI is InChI=1S/C13H21N3O2/c1-16-10-14-9-12(16)13(17)15-7-3-2-5-11-6-4-8-18-11/h9-11H,2-8H2,1H3,(H,15,17)/t11-/m0/s1. The molecule has 1 saturated heterocycles. The lowest BCUT2D eigenvalue weighted by Gasteiger charge is -2.09. The molecule has 5 heteroatoms. The monoisotopic (exact) mass is 251 g/mol. The van der Waals surface area contributed by atoms with Gasteiger partial charge in [0.05, 0.1) is 18.6 Å². The smallest absolute Gasteiger partial charge is 0.269 e. The Morgan fingerprint density at radius 2 is 2.50 bits per heavy atom. The number of carbonyl (C=O) groups is 1. The molecule has 1 aromatic heterocycles. The molecule has 0 aromatic carbocycles. The van der Waals surface area contributed by atoms with Gasteiger partial charge in [-0.3, -0.25) is 4.79 Å². The molecule has 0 radical (unpaired) electrons. The first kappa shape index (κ1) is 13.1. The van der Waals surface area contributed by atoms with Gasteiger partial charge in [-0.2, -0.15) is 0 Å². The molecule has 5 nitrogen and oxygen atoms in total. The minimum absolute atomic E-state index is 0.0490. The molecule has 100 valence electrons. The number of aryl methyl sites for hydroxylation is 1. The van der Waals surface area contributed by atoms with E-state index in [0.29, 0.717) is 11.8 Å². The average Bonchev–Trinajstić information content (AvgIpc) is 2.99. The third kappa shape index (κ3) is 3.57. The summed E-state index contributed by atoms with van der Waals surface area (Å²) in [4.78, 5) is 15.7. The molecule has 0 aliphatic carbocycles. The van der Waals surface area contributed by atoms with E-state index in [4.69, 9.17) is 4.74 Å². The Morgan fingerprint density at radius 1 is 1.61 bits per heavy atom. The molecule has 0 unspecified atom stereocenters. The predicted molar refractivity (Wildman–Crippen MR) is 68.4 cm³/mol. The van der Waals surface area contributed by atoms with Gasteiger partial charge in [-0.1, -0.05) is 0 Å². The van der Waals surface area contributed by atoms with Crippen molar-refractivity contribution in [1.82, 2.24) is 14.9 Å². The number of ether oxygens (including phenoxy) is 1. The first-order chi connectivity index (χ1) is 8.77. The van der Waals surface area contributed by atoms with Crippen LogP contribution in [0.25, 0.3) is 0 Å². The Labute approximate surface area is 108 Å². The normalized spacial score (nSPS) is 19.1. The number of nitrogens with zero attached hydrogens (tertiary/aromatic N) is 2. The summed E-state index contributed by atoms with van der Waals surface area (Å²) in [5.41, 5.74) is 0.606. The number of carbonyl (C=O) groups excluding carboxylic acids is 1. The van der Waals surface area contributed by atoms with E-state index in [1.54, 1.807) is 17.1 Å². The first-order valence-corrected chi connectivity index (χ1v) is 6.63. The van der Waals surface area contributed by atoms with E-state index >= 15 is 0 Å². The number of aromatic nitrogens is 2. The van der Waals surface area contributed by atoms with Crippen LogP contribution in [0.1, 0.15) is 42.6 Å². The first-order valence-electron chi connectivity index (χ1n) is 6.63. The summed E-state index contributed by atoms with van der Waals surface area (Å²) in [7, 11) is 1.82. The van der Waals surface area contributed by atoms with Crippen LogP contribution in [-0.4, -0.2) is 34.7 Å². The van der Waals surface area contributed by atoms with Crippen molar-refractivity contribution in [2.75, 3.05) is 13.2 Å². The van der Waals surface area contributed by atoms with Gasteiger partial charge in [0.1, 0.15) is 5.69 Å². The molecule has 1 aromatic rings. The Hall–Kier alpha value is -1.36. The number of unbranched alkanes of at least 4 members (excludes halogenated alkanes) is 1. The van der Waals surface area contributed by atoms with E-state index in [1.165, 1.54) is 12.8 Å². The van der Waals surface area contributed by atoms with Gasteiger partial charge in [0.25, 0.3) is 5.91 Å². The largest absolute Gasteiger partial charge is 0.378 e. The van der Waals surface area contributed by atoms with Crippen LogP contribution >= 0.6 is 0 Å². The summed E-state index contributed by atoms with van der Waals surface area (Å²) in [6.45, 7) is 1.64. The molecule has 2 heterocycles. The molecule has 0 bridgehead atoms. The molecular formula is C13H21N3O2. The Kier molecular flexibility index (Phi) is 4.75. The van der Waals surface area contributed by atoms with E-state index in [2.05, 4.69) is 10.3 Å². The highest BCUT2D eigenvalue weighted by Crippen LogP contribution is 2.17. The maximum Gasteiger partial charge on any atom is 0.269 e. The van der Waals surface area contributed by atoms with Crippen molar-refractivity contribution < 1.29 is 9.53 Å². The highest BCUT2D eigenvalue weighted by atomic mass is 16.5. The number of rotatable bonds is 6. The van der Waals surface area contributed by atoms with Gasteiger partial charge in [-0.05, 0) is 32.1 Å². The molecule has 2 rings (SSSR count). The van der Waals surface area contributed by atoms with Crippen molar-refractivity contribution >= 4 is 5.91 Å². The molecule has 1 atom stereocenters. The number of imidazole rings is 1. The summed E-state index contributed by atoms with van der Waals surface area (Å²) in [6.07, 6.45) is 9.29. The molecule has 1 fully saturated rings. The lowest BCUT2D eigenvalue weighted by molar-refractivity contribution is 0.0939. The molecule has 18 heavy (non-hydrogen) atoms. The second-order valence-electron chi connectivity index (χ2n) is 4.78. The molecule has 1 aliphatic rings. The van der Waals surface area contributed by atoms with Crippen molar-refractivity contribution in [1.29, 1.82) is 0 Å². The van der Waals surface area contributed by atoms with Gasteiger partial charge in [0.15, 0.2) is 0 Å². The quantitative estimate of drug-likeness (QED) is 0.779. The molecular weight excluding hydrogens is 230 g/mol. The molecule has 1 N–H and O–H groups in total. The summed E-state index contributed by atoms with van der Waals surface area (Å²) in [5.74, 6) is -0.0490. The predicted octanol–water partition coefficient (Wildman–Crippen LogP) is 1.50. The van der Waals surface area contributed by atoms with E-state index in [-0.39, 0.29) is 5.91 Å². The SMILES string of the molecule is Cn1cncc1C(=O)NCCCC[C@H]1CCCO1. The van der Waals surface area contributed by atoms with E-state index in [1.807, 2.05) is 7.05 Å². The van der Waals surface area contributed by atoms with Gasteiger partial charge in [-0.25, -0.2) is 4.98 Å². The van der Waals surface area contributed by atoms with Gasteiger partial charge in [0.2, 0.25) is 0 Å². The highest BCUT2D eigenvalue weighted by molar-refractivity contribution is 5.92. The maximum atomic E-state index is 11.7. The molecule has 1 aliphatic heterocycles. The van der Waals surface area contributed by atoms with E-state index < -0.39 is 0 Å². The number of hydrogen-bond acceptors (Lipinski definition) is 3. The summed E-state index contributed by atoms with van der Waals surface area (Å²) in [6, 6.07) is 0. The summed E-state index contributed by atoms with van der Waals surface area (Å²) in [5, 5.41) is 2.91. The Balaban J connectivity index is 1.58. The van der Waals surface area contributed by atoms with Crippen molar-refractivity contribution in [3.05, 3.63) is 18.2 Å². The lowest BCUT2D eigenvalue weighted by Crippen LogP contribution is -2.26. The van der Waals surface area contributed by atoms with Crippen molar-refractivity contribution in [3.8, 4) is 0 Å². The van der Waals surface area contributed by atoms with E-state index in [9.17, 15) is 4.79 Å². The van der Waals surface area contributed by atoms with Crippen molar-refractivity contribution in [2.24, 2.45) is 7.05 Å². The van der Waals surface area contributed by atoms with Gasteiger partial charge >= 0.3 is 0 Å². The number of nitrogens with one attached hydrogen (secondary N) is 1. The minimum atomic E-state index is -0.0490. The van der Waals surface area contributed by atoms with Crippen LogP contribution in [0, 0.1) is 0 Å². The molecule has 1 amide bonds. The maximum absolute atomic E-state index is 11.7. The summed E-state index contributed by atoms with van der Waals surface area (Å²) < 4.78 is 7.28. The van der Waals surface area contributed by atoms with Crippen LogP contribution in [0.4, 0.5) is 0 Å². The van der Waals surface area contributed by atoms with Crippen LogP contribution in [0.5, 0.6) is 0 Å². The lowest BCUT2D eigenvalue weighted by atomic mass is 10.1. The fourth-order valence-electron chi connectivity index (χ4n) is 2.24. The van der Waals surface area contributed by atoms with Gasteiger partial charge in [-0.15, -0.1) is 0 Å². The van der Waals surface area contributed by atoms with E-state index in [0.717, 1.165) is 32.4 Å². The zero-order valence-electron chi connectivity index (χ0n) is 10.9. The Morgan fingerprint density at radius 3 is 3.17 bits per heavy atom. The Bertz CT molecular complexity index is 383. The van der Waals surface area contributed by atoms with Crippen LogP contribution in [0.15, 0.2) is 12.5 Å². The molecule has 0 saturated carbocycles. The molecule has 0 spiro atoms. The van der Waals surface area contributed by atoms with Crippen LogP contribution in [0.3, 0.4) is 0 Å². The zero-order valence-corrected chi connectivity index (χ0v) is 10.9. The third-order valence-corrected chi connectivity index (χ3v) is 3.31. The van der Waals surface area contributed by atoms with Crippen LogP contribution in [-0.2, 0) is 11.8 Å². The van der Waals surface area contributed by atoms with Crippen molar-refractivity contribution in [2.45, 2.75) is 38.2 Å².